The van der Waals surface area contributed by atoms with Gasteiger partial charge < -0.3 is 9.30 Å². The van der Waals surface area contributed by atoms with Crippen molar-refractivity contribution in [3.05, 3.63) is 27.5 Å². The average molecular weight is 425 g/mol. The number of imidazole rings is 1. The Hall–Kier alpha value is -1.29. The number of fused-ring (bicyclic) bond motifs is 1. The molecule has 2 aromatic rings. The van der Waals surface area contributed by atoms with Crippen LogP contribution in [0.5, 0.6) is 0 Å². The second-order valence-electron chi connectivity index (χ2n) is 7.91. The van der Waals surface area contributed by atoms with Gasteiger partial charge >= 0.3 is 0 Å². The molecule has 1 fully saturated rings. The summed E-state index contributed by atoms with van der Waals surface area (Å²) in [6.45, 7) is 2.67. The number of hydrogen-bond acceptors (Lipinski definition) is 7. The van der Waals surface area contributed by atoms with Crippen LogP contribution in [-0.2, 0) is 47.1 Å². The third-order valence-electron chi connectivity index (χ3n) is 5.37. The van der Waals surface area contributed by atoms with Crippen LogP contribution in [0.1, 0.15) is 47.0 Å². The molecule has 0 saturated carbocycles. The Morgan fingerprint density at radius 1 is 1.29 bits per heavy atom. The zero-order valence-corrected chi connectivity index (χ0v) is 18.2. The van der Waals surface area contributed by atoms with Gasteiger partial charge in [0, 0.05) is 24.3 Å². The topological polar surface area (TPSA) is 77.3 Å². The molecule has 2 aliphatic rings. The second kappa shape index (κ2) is 8.22. The molecule has 7 nitrogen and oxygen atoms in total. The monoisotopic (exact) mass is 424 g/mol. The summed E-state index contributed by atoms with van der Waals surface area (Å²) in [6.07, 6.45) is 9.71. The lowest BCUT2D eigenvalue weighted by Crippen LogP contribution is -2.24. The number of hydrogen-bond donors (Lipinski definition) is 0. The molecule has 1 aliphatic heterocycles. The third-order valence-corrected chi connectivity index (χ3v) is 7.50. The van der Waals surface area contributed by atoms with Crippen LogP contribution in [0.3, 0.4) is 0 Å². The molecular formula is C19H28N4O3S2. The lowest BCUT2D eigenvalue weighted by atomic mass is 10.0. The van der Waals surface area contributed by atoms with Crippen molar-refractivity contribution in [1.29, 1.82) is 0 Å². The van der Waals surface area contributed by atoms with Crippen molar-refractivity contribution >= 4 is 21.2 Å². The molecular weight excluding hydrogens is 396 g/mol. The molecule has 3 heterocycles. The highest BCUT2D eigenvalue weighted by atomic mass is 32.2. The molecule has 0 aromatic carbocycles. The van der Waals surface area contributed by atoms with Crippen molar-refractivity contribution in [2.24, 2.45) is 0 Å². The quantitative estimate of drug-likeness (QED) is 0.679. The van der Waals surface area contributed by atoms with E-state index in [0.717, 1.165) is 49.5 Å². The molecule has 28 heavy (non-hydrogen) atoms. The number of sulfone groups is 1. The molecule has 4 rings (SSSR count). The Morgan fingerprint density at radius 2 is 2.11 bits per heavy atom. The maximum Gasteiger partial charge on any atom is 0.227 e. The lowest BCUT2D eigenvalue weighted by Gasteiger charge is -2.19. The van der Waals surface area contributed by atoms with Crippen molar-refractivity contribution in [2.45, 2.75) is 69.4 Å². The van der Waals surface area contributed by atoms with E-state index in [-0.39, 0.29) is 11.3 Å². The molecule has 0 unspecified atom stereocenters. The van der Waals surface area contributed by atoms with E-state index in [1.54, 1.807) is 6.20 Å². The minimum atomic E-state index is -3.38. The largest absolute Gasteiger partial charge is 0.376 e. The van der Waals surface area contributed by atoms with Crippen LogP contribution in [0.25, 0.3) is 0 Å². The van der Waals surface area contributed by atoms with Gasteiger partial charge in [-0.2, -0.15) is 0 Å². The van der Waals surface area contributed by atoms with Gasteiger partial charge in [0.2, 0.25) is 15.0 Å². The Bertz CT molecular complexity index is 906. The van der Waals surface area contributed by atoms with Crippen molar-refractivity contribution in [3.8, 4) is 0 Å². The zero-order valence-electron chi connectivity index (χ0n) is 16.6. The number of aryl methyl sites for hydroxylation is 2. The van der Waals surface area contributed by atoms with Gasteiger partial charge in [-0.3, -0.25) is 4.90 Å². The molecule has 0 N–H and O–H groups in total. The standard InChI is InChI=1S/C19H28N4O3S2/c1-22(13-18-21-16-7-3-4-8-17(16)27-18)11-14-10-20-19(28(2,24)25)23(14)12-15-6-5-9-26-15/h10,15H,3-9,11-13H2,1-2H3/t15-/m1/s1. The molecule has 2 aromatic heterocycles. The van der Waals surface area contributed by atoms with Crippen molar-refractivity contribution in [2.75, 3.05) is 19.9 Å². The highest BCUT2D eigenvalue weighted by molar-refractivity contribution is 7.90. The molecule has 9 heteroatoms. The van der Waals surface area contributed by atoms with Gasteiger partial charge in [0.25, 0.3) is 0 Å². The van der Waals surface area contributed by atoms with Crippen LogP contribution >= 0.6 is 11.3 Å². The van der Waals surface area contributed by atoms with E-state index >= 15 is 0 Å². The number of thiazole rings is 1. The van der Waals surface area contributed by atoms with Crippen LogP contribution in [-0.4, -0.2) is 53.9 Å². The van der Waals surface area contributed by atoms with E-state index in [1.165, 1.54) is 29.7 Å². The SMILES string of the molecule is CN(Cc1nc2c(s1)CCCC2)Cc1cnc(S(C)(=O)=O)n1C[C@H]1CCCO1. The van der Waals surface area contributed by atoms with Gasteiger partial charge in [-0.25, -0.2) is 18.4 Å². The first-order valence-corrected chi connectivity index (χ1v) is 12.6. The van der Waals surface area contributed by atoms with Gasteiger partial charge in [-0.1, -0.05) is 0 Å². The Labute approximate surface area is 170 Å². The normalized spacial score (nSPS) is 20.0. The molecule has 0 amide bonds. The maximum absolute atomic E-state index is 12.2. The summed E-state index contributed by atoms with van der Waals surface area (Å²) >= 11 is 1.82. The van der Waals surface area contributed by atoms with E-state index in [2.05, 4.69) is 9.88 Å². The van der Waals surface area contributed by atoms with Crippen LogP contribution < -0.4 is 0 Å². The molecule has 1 atom stereocenters. The average Bonchev–Trinajstić information content (AvgIpc) is 3.34. The minimum Gasteiger partial charge on any atom is -0.376 e. The second-order valence-corrected chi connectivity index (χ2v) is 11.0. The Morgan fingerprint density at radius 3 is 2.82 bits per heavy atom. The predicted molar refractivity (Wildman–Crippen MR) is 108 cm³/mol. The van der Waals surface area contributed by atoms with Gasteiger partial charge in [0.05, 0.1) is 36.8 Å². The molecule has 0 bridgehead atoms. The van der Waals surface area contributed by atoms with E-state index in [9.17, 15) is 8.42 Å². The summed E-state index contributed by atoms with van der Waals surface area (Å²) in [5.74, 6) is 0. The molecule has 1 saturated heterocycles. The van der Waals surface area contributed by atoms with Crippen LogP contribution in [0, 0.1) is 0 Å². The van der Waals surface area contributed by atoms with Crippen LogP contribution in [0.2, 0.25) is 0 Å². The number of nitrogens with zero attached hydrogens (tertiary/aromatic N) is 4. The van der Waals surface area contributed by atoms with Gasteiger partial charge in [-0.15, -0.1) is 11.3 Å². The van der Waals surface area contributed by atoms with Gasteiger partial charge in [0.15, 0.2) is 0 Å². The minimum absolute atomic E-state index is 0.0597. The van der Waals surface area contributed by atoms with Gasteiger partial charge in [-0.05, 0) is 45.6 Å². The summed E-state index contributed by atoms with van der Waals surface area (Å²) in [5.41, 5.74) is 2.18. The fourth-order valence-corrected chi connectivity index (χ4v) is 6.11. The summed E-state index contributed by atoms with van der Waals surface area (Å²) < 4.78 is 31.9. The van der Waals surface area contributed by atoms with Gasteiger partial charge in [0.1, 0.15) is 5.01 Å². The summed E-state index contributed by atoms with van der Waals surface area (Å²) in [7, 11) is -1.34. The smallest absolute Gasteiger partial charge is 0.227 e. The first-order valence-electron chi connectivity index (χ1n) is 9.92. The van der Waals surface area contributed by atoms with Crippen molar-refractivity contribution in [1.82, 2.24) is 19.4 Å². The molecule has 1 aliphatic carbocycles. The van der Waals surface area contributed by atoms with E-state index in [1.807, 2.05) is 23.0 Å². The Balaban J connectivity index is 1.49. The van der Waals surface area contributed by atoms with E-state index in [0.29, 0.717) is 13.1 Å². The predicted octanol–water partition coefficient (Wildman–Crippen LogP) is 2.43. The summed E-state index contributed by atoms with van der Waals surface area (Å²) in [6, 6.07) is 0. The van der Waals surface area contributed by atoms with Crippen LogP contribution in [0.4, 0.5) is 0 Å². The van der Waals surface area contributed by atoms with E-state index < -0.39 is 9.84 Å². The van der Waals surface area contributed by atoms with Crippen molar-refractivity contribution < 1.29 is 13.2 Å². The van der Waals surface area contributed by atoms with Crippen molar-refractivity contribution in [3.63, 3.8) is 0 Å². The fraction of sp³-hybridized carbons (Fsp3) is 0.684. The molecule has 154 valence electrons. The van der Waals surface area contributed by atoms with E-state index in [4.69, 9.17) is 9.72 Å². The summed E-state index contributed by atoms with van der Waals surface area (Å²) in [5, 5.41) is 1.28. The summed E-state index contributed by atoms with van der Waals surface area (Å²) in [4.78, 5) is 12.7. The number of aromatic nitrogens is 3. The Kier molecular flexibility index (Phi) is 5.87. The molecule has 0 radical (unpaired) electrons. The number of rotatable bonds is 7. The third kappa shape index (κ3) is 4.48. The highest BCUT2D eigenvalue weighted by Gasteiger charge is 2.24. The first-order chi connectivity index (χ1) is 13.4. The van der Waals surface area contributed by atoms with Crippen LogP contribution in [0.15, 0.2) is 11.4 Å². The maximum atomic E-state index is 12.2. The fourth-order valence-electron chi connectivity index (χ4n) is 4.04. The lowest BCUT2D eigenvalue weighted by molar-refractivity contribution is 0.0934. The highest BCUT2D eigenvalue weighted by Crippen LogP contribution is 2.27. The number of ether oxygens (including phenoxy) is 1. The molecule has 0 spiro atoms. The first kappa shape index (κ1) is 20.0. The zero-order chi connectivity index (χ0) is 19.7.